The molecule has 0 saturated carbocycles. The first kappa shape index (κ1) is 16.0. The van der Waals surface area contributed by atoms with Crippen molar-refractivity contribution in [2.24, 2.45) is 0 Å². The molecule has 0 amide bonds. The summed E-state index contributed by atoms with van der Waals surface area (Å²) in [4.78, 5) is 0.262. The molecule has 6 heteroatoms. The average molecular weight is 370 g/mol. The number of aromatic hydroxyl groups is 1. The molecule has 2 aromatic carbocycles. The molecule has 0 unspecified atom stereocenters. The molecule has 0 aromatic heterocycles. The summed E-state index contributed by atoms with van der Waals surface area (Å²) in [6.45, 7) is 0.313. The van der Waals surface area contributed by atoms with Gasteiger partial charge in [-0.3, -0.25) is 0 Å². The third-order valence-electron chi connectivity index (χ3n) is 3.03. The SMILES string of the molecule is O=S(=O)(NCCc1ccc(O)cc1)c1ccc(CBr)cc1. The zero-order valence-corrected chi connectivity index (χ0v) is 13.7. The van der Waals surface area contributed by atoms with Gasteiger partial charge < -0.3 is 5.11 Å². The second-order valence-corrected chi connectivity index (χ2v) is 6.92. The second-order valence-electron chi connectivity index (χ2n) is 4.59. The standard InChI is InChI=1S/C15H16BrNO3S/c16-11-13-3-7-15(8-4-13)21(19,20)17-10-9-12-1-5-14(18)6-2-12/h1-8,17-18H,9-11H2. The van der Waals surface area contributed by atoms with E-state index in [-0.39, 0.29) is 10.6 Å². The number of hydrogen-bond acceptors (Lipinski definition) is 3. The van der Waals surface area contributed by atoms with Gasteiger partial charge in [0.15, 0.2) is 0 Å². The topological polar surface area (TPSA) is 66.4 Å². The Hall–Kier alpha value is -1.37. The van der Waals surface area contributed by atoms with Crippen LogP contribution >= 0.6 is 15.9 Å². The monoisotopic (exact) mass is 369 g/mol. The maximum absolute atomic E-state index is 12.1. The van der Waals surface area contributed by atoms with Crippen LogP contribution in [-0.4, -0.2) is 20.1 Å². The van der Waals surface area contributed by atoms with Crippen molar-refractivity contribution >= 4 is 26.0 Å². The lowest BCUT2D eigenvalue weighted by Gasteiger charge is -2.07. The molecule has 0 aliphatic heterocycles. The molecule has 0 saturated heterocycles. The first-order valence-electron chi connectivity index (χ1n) is 6.44. The van der Waals surface area contributed by atoms with E-state index in [0.29, 0.717) is 18.3 Å². The fourth-order valence-corrected chi connectivity index (χ4v) is 3.24. The molecule has 0 heterocycles. The summed E-state index contributed by atoms with van der Waals surface area (Å²) < 4.78 is 26.8. The molecule has 0 spiro atoms. The maximum Gasteiger partial charge on any atom is 0.240 e. The van der Waals surface area contributed by atoms with Gasteiger partial charge in [0.2, 0.25) is 10.0 Å². The molecule has 2 aromatic rings. The number of hydrogen-bond donors (Lipinski definition) is 2. The van der Waals surface area contributed by atoms with Crippen LogP contribution in [0.3, 0.4) is 0 Å². The largest absolute Gasteiger partial charge is 0.508 e. The van der Waals surface area contributed by atoms with Crippen molar-refractivity contribution < 1.29 is 13.5 Å². The van der Waals surface area contributed by atoms with E-state index in [4.69, 9.17) is 0 Å². The predicted molar refractivity (Wildman–Crippen MR) is 86.1 cm³/mol. The maximum atomic E-state index is 12.1. The van der Waals surface area contributed by atoms with Gasteiger partial charge in [-0.15, -0.1) is 0 Å². The highest BCUT2D eigenvalue weighted by atomic mass is 79.9. The van der Waals surface area contributed by atoms with E-state index < -0.39 is 10.0 Å². The number of nitrogens with one attached hydrogen (secondary N) is 1. The highest BCUT2D eigenvalue weighted by molar-refractivity contribution is 9.08. The van der Waals surface area contributed by atoms with Crippen LogP contribution in [0, 0.1) is 0 Å². The van der Waals surface area contributed by atoms with E-state index in [1.807, 2.05) is 0 Å². The zero-order valence-electron chi connectivity index (χ0n) is 11.3. The van der Waals surface area contributed by atoms with Gasteiger partial charge in [-0.25, -0.2) is 13.1 Å². The van der Waals surface area contributed by atoms with Crippen LogP contribution in [0.1, 0.15) is 11.1 Å². The van der Waals surface area contributed by atoms with Gasteiger partial charge in [0.05, 0.1) is 4.90 Å². The van der Waals surface area contributed by atoms with Gasteiger partial charge in [0.1, 0.15) is 5.75 Å². The Bertz CT molecular complexity index is 682. The number of rotatable bonds is 6. The van der Waals surface area contributed by atoms with Crippen molar-refractivity contribution in [3.05, 3.63) is 59.7 Å². The minimum Gasteiger partial charge on any atom is -0.508 e. The Morgan fingerprint density at radius 2 is 1.52 bits per heavy atom. The van der Waals surface area contributed by atoms with Crippen molar-refractivity contribution in [2.45, 2.75) is 16.6 Å². The lowest BCUT2D eigenvalue weighted by atomic mass is 10.1. The minimum atomic E-state index is -3.48. The van der Waals surface area contributed by atoms with Crippen molar-refractivity contribution in [3.8, 4) is 5.75 Å². The van der Waals surface area contributed by atoms with Gasteiger partial charge in [-0.1, -0.05) is 40.2 Å². The molecular weight excluding hydrogens is 354 g/mol. The fraction of sp³-hybridized carbons (Fsp3) is 0.200. The molecule has 0 aliphatic carbocycles. The number of phenols is 1. The number of benzene rings is 2. The van der Waals surface area contributed by atoms with E-state index in [1.54, 1.807) is 48.5 Å². The Kier molecular flexibility index (Phi) is 5.39. The van der Waals surface area contributed by atoms with Gasteiger partial charge >= 0.3 is 0 Å². The van der Waals surface area contributed by atoms with Crippen molar-refractivity contribution in [1.29, 1.82) is 0 Å². The lowest BCUT2D eigenvalue weighted by molar-refractivity contribution is 0.475. The third-order valence-corrected chi connectivity index (χ3v) is 5.15. The number of phenolic OH excluding ortho intramolecular Hbond substituents is 1. The van der Waals surface area contributed by atoms with E-state index in [0.717, 1.165) is 11.1 Å². The second kappa shape index (κ2) is 7.06. The predicted octanol–water partition coefficient (Wildman–Crippen LogP) is 2.81. The van der Waals surface area contributed by atoms with Crippen LogP contribution in [0.4, 0.5) is 0 Å². The number of alkyl halides is 1. The van der Waals surface area contributed by atoms with Crippen molar-refractivity contribution in [1.82, 2.24) is 4.72 Å². The van der Waals surface area contributed by atoms with E-state index >= 15 is 0 Å². The summed E-state index contributed by atoms with van der Waals surface area (Å²) in [5.41, 5.74) is 1.99. The van der Waals surface area contributed by atoms with Crippen LogP contribution in [0.15, 0.2) is 53.4 Å². The normalized spacial score (nSPS) is 11.5. The molecule has 112 valence electrons. The zero-order chi connectivity index (χ0) is 15.3. The van der Waals surface area contributed by atoms with Crippen LogP contribution in [0.2, 0.25) is 0 Å². The fourth-order valence-electron chi connectivity index (χ4n) is 1.83. The molecule has 21 heavy (non-hydrogen) atoms. The molecule has 0 radical (unpaired) electrons. The summed E-state index contributed by atoms with van der Waals surface area (Å²) in [7, 11) is -3.48. The Balaban J connectivity index is 1.95. The van der Waals surface area contributed by atoms with E-state index in [1.165, 1.54) is 0 Å². The van der Waals surface area contributed by atoms with E-state index in [2.05, 4.69) is 20.7 Å². The van der Waals surface area contributed by atoms with Gasteiger partial charge in [-0.2, -0.15) is 0 Å². The average Bonchev–Trinajstić information content (AvgIpc) is 2.49. The number of halogens is 1. The van der Waals surface area contributed by atoms with Gasteiger partial charge in [0, 0.05) is 11.9 Å². The first-order chi connectivity index (χ1) is 10.0. The third kappa shape index (κ3) is 4.56. The van der Waals surface area contributed by atoms with E-state index in [9.17, 15) is 13.5 Å². The van der Waals surface area contributed by atoms with Crippen molar-refractivity contribution in [3.63, 3.8) is 0 Å². The highest BCUT2D eigenvalue weighted by Crippen LogP contribution is 2.13. The summed E-state index contributed by atoms with van der Waals surface area (Å²) in [5, 5.41) is 9.88. The van der Waals surface area contributed by atoms with Crippen molar-refractivity contribution in [2.75, 3.05) is 6.54 Å². The number of sulfonamides is 1. The minimum absolute atomic E-state index is 0.200. The summed E-state index contributed by atoms with van der Waals surface area (Å²) in [5.74, 6) is 0.200. The molecule has 2 N–H and O–H groups in total. The summed E-state index contributed by atoms with van der Waals surface area (Å²) >= 11 is 3.32. The molecule has 2 rings (SSSR count). The van der Waals surface area contributed by atoms with Gasteiger partial charge in [0.25, 0.3) is 0 Å². The smallest absolute Gasteiger partial charge is 0.240 e. The molecule has 0 atom stereocenters. The highest BCUT2D eigenvalue weighted by Gasteiger charge is 2.12. The van der Waals surface area contributed by atoms with Crippen LogP contribution in [-0.2, 0) is 21.8 Å². The van der Waals surface area contributed by atoms with Crippen LogP contribution in [0.25, 0.3) is 0 Å². The first-order valence-corrected chi connectivity index (χ1v) is 9.04. The molecule has 4 nitrogen and oxygen atoms in total. The Morgan fingerprint density at radius 3 is 2.10 bits per heavy atom. The summed E-state index contributed by atoms with van der Waals surface area (Å²) in [6, 6.07) is 13.5. The molecular formula is C15H16BrNO3S. The summed E-state index contributed by atoms with van der Waals surface area (Å²) in [6.07, 6.45) is 0.568. The van der Waals surface area contributed by atoms with Crippen LogP contribution in [0.5, 0.6) is 5.75 Å². The molecule has 0 aliphatic rings. The Labute approximate surface area is 133 Å². The lowest BCUT2D eigenvalue weighted by Crippen LogP contribution is -2.26. The quantitative estimate of drug-likeness (QED) is 0.769. The van der Waals surface area contributed by atoms with Gasteiger partial charge in [-0.05, 0) is 41.8 Å². The molecule has 0 fully saturated rings. The Morgan fingerprint density at radius 1 is 0.952 bits per heavy atom. The van der Waals surface area contributed by atoms with Crippen LogP contribution < -0.4 is 4.72 Å². The molecule has 0 bridgehead atoms.